The monoisotopic (exact) mass is 320 g/mol. The SMILES string of the molecule is NCC1CC(=O)N(c2cc(Cl)c(Br)cc2F)C1. The summed E-state index contributed by atoms with van der Waals surface area (Å²) in [6, 6.07) is 2.72. The van der Waals surface area contributed by atoms with E-state index in [4.69, 9.17) is 17.3 Å². The molecule has 6 heteroatoms. The lowest BCUT2D eigenvalue weighted by Crippen LogP contribution is -2.26. The molecule has 17 heavy (non-hydrogen) atoms. The molecule has 1 unspecified atom stereocenters. The minimum atomic E-state index is -0.465. The van der Waals surface area contributed by atoms with Gasteiger partial charge in [0.05, 0.1) is 10.7 Å². The molecular formula is C11H11BrClFN2O. The number of hydrogen-bond donors (Lipinski definition) is 1. The van der Waals surface area contributed by atoms with Gasteiger partial charge in [-0.1, -0.05) is 11.6 Å². The van der Waals surface area contributed by atoms with Crippen molar-refractivity contribution in [3.63, 3.8) is 0 Å². The number of benzene rings is 1. The van der Waals surface area contributed by atoms with Crippen LogP contribution in [0.3, 0.4) is 0 Å². The summed E-state index contributed by atoms with van der Waals surface area (Å²) in [7, 11) is 0. The van der Waals surface area contributed by atoms with Gasteiger partial charge in [0.2, 0.25) is 5.91 Å². The topological polar surface area (TPSA) is 46.3 Å². The molecule has 0 spiro atoms. The van der Waals surface area contributed by atoms with Crippen molar-refractivity contribution in [1.82, 2.24) is 0 Å². The van der Waals surface area contributed by atoms with E-state index in [-0.39, 0.29) is 17.5 Å². The molecule has 2 N–H and O–H groups in total. The highest BCUT2D eigenvalue weighted by molar-refractivity contribution is 9.10. The Labute approximate surface area is 112 Å². The summed E-state index contributed by atoms with van der Waals surface area (Å²) in [6.45, 7) is 0.873. The van der Waals surface area contributed by atoms with Crippen LogP contribution in [-0.2, 0) is 4.79 Å². The molecule has 3 nitrogen and oxygen atoms in total. The summed E-state index contributed by atoms with van der Waals surface area (Å²) in [5, 5.41) is 0.380. The van der Waals surface area contributed by atoms with E-state index in [1.807, 2.05) is 0 Å². The Hall–Kier alpha value is -0.650. The number of nitrogens with two attached hydrogens (primary N) is 1. The van der Waals surface area contributed by atoms with Crippen LogP contribution in [0.2, 0.25) is 5.02 Å². The molecule has 0 saturated carbocycles. The molecule has 0 aromatic heterocycles. The van der Waals surface area contributed by atoms with E-state index in [1.165, 1.54) is 17.0 Å². The number of hydrogen-bond acceptors (Lipinski definition) is 2. The van der Waals surface area contributed by atoms with Gasteiger partial charge in [0.15, 0.2) is 0 Å². The average Bonchev–Trinajstić information content (AvgIpc) is 2.65. The highest BCUT2D eigenvalue weighted by Crippen LogP contribution is 2.33. The third kappa shape index (κ3) is 2.46. The van der Waals surface area contributed by atoms with Crippen LogP contribution in [0.25, 0.3) is 0 Å². The lowest BCUT2D eigenvalue weighted by Gasteiger charge is -2.18. The maximum atomic E-state index is 13.8. The Morgan fingerprint density at radius 3 is 2.88 bits per heavy atom. The van der Waals surface area contributed by atoms with Crippen molar-refractivity contribution >= 4 is 39.1 Å². The number of nitrogens with zero attached hydrogens (tertiary/aromatic N) is 1. The van der Waals surface area contributed by atoms with Crippen LogP contribution in [0, 0.1) is 11.7 Å². The highest BCUT2D eigenvalue weighted by atomic mass is 79.9. The molecule has 1 aromatic carbocycles. The van der Waals surface area contributed by atoms with Crippen LogP contribution in [0.15, 0.2) is 16.6 Å². The molecule has 92 valence electrons. The van der Waals surface area contributed by atoms with Crippen LogP contribution in [0.5, 0.6) is 0 Å². The molecule has 1 saturated heterocycles. The maximum absolute atomic E-state index is 13.8. The molecule has 2 rings (SSSR count). The van der Waals surface area contributed by atoms with E-state index in [0.717, 1.165) is 0 Å². The lowest BCUT2D eigenvalue weighted by molar-refractivity contribution is -0.117. The molecule has 1 atom stereocenters. The highest BCUT2D eigenvalue weighted by Gasteiger charge is 2.31. The van der Waals surface area contributed by atoms with Crippen LogP contribution in [0.1, 0.15) is 6.42 Å². The minimum absolute atomic E-state index is 0.0873. The summed E-state index contributed by atoms with van der Waals surface area (Å²) < 4.78 is 14.2. The van der Waals surface area contributed by atoms with Gasteiger partial charge < -0.3 is 10.6 Å². The van der Waals surface area contributed by atoms with Gasteiger partial charge >= 0.3 is 0 Å². The van der Waals surface area contributed by atoms with Gasteiger partial charge in [-0.25, -0.2) is 4.39 Å². The zero-order chi connectivity index (χ0) is 12.6. The first-order valence-electron chi connectivity index (χ1n) is 5.18. The van der Waals surface area contributed by atoms with Crippen molar-refractivity contribution in [3.8, 4) is 0 Å². The molecule has 1 aromatic rings. The van der Waals surface area contributed by atoms with Gasteiger partial charge in [-0.05, 0) is 40.5 Å². The molecule has 1 fully saturated rings. The second-order valence-corrected chi connectivity index (χ2v) is 5.29. The molecule has 0 aliphatic carbocycles. The van der Waals surface area contributed by atoms with Crippen molar-refractivity contribution in [2.45, 2.75) is 6.42 Å². The number of carbonyl (C=O) groups excluding carboxylic acids is 1. The fourth-order valence-electron chi connectivity index (χ4n) is 1.89. The summed E-state index contributed by atoms with van der Waals surface area (Å²) in [5.74, 6) is -0.491. The number of amides is 1. The van der Waals surface area contributed by atoms with Crippen LogP contribution in [-0.4, -0.2) is 19.0 Å². The zero-order valence-electron chi connectivity index (χ0n) is 8.92. The van der Waals surface area contributed by atoms with Gasteiger partial charge in [-0.3, -0.25) is 4.79 Å². The Morgan fingerprint density at radius 1 is 1.59 bits per heavy atom. The first kappa shape index (κ1) is 12.8. The molecule has 1 amide bonds. The summed E-state index contributed by atoms with van der Waals surface area (Å²) in [6.07, 6.45) is 0.365. The normalized spacial score (nSPS) is 20.1. The van der Waals surface area contributed by atoms with Gasteiger partial charge in [0.25, 0.3) is 0 Å². The largest absolute Gasteiger partial charge is 0.330 e. The Kier molecular flexibility index (Phi) is 3.70. The third-order valence-corrected chi connectivity index (χ3v) is 4.02. The smallest absolute Gasteiger partial charge is 0.227 e. The number of rotatable bonds is 2. The van der Waals surface area contributed by atoms with Crippen molar-refractivity contribution in [2.75, 3.05) is 18.0 Å². The Morgan fingerprint density at radius 2 is 2.29 bits per heavy atom. The van der Waals surface area contributed by atoms with Crippen molar-refractivity contribution in [3.05, 3.63) is 27.4 Å². The van der Waals surface area contributed by atoms with Crippen molar-refractivity contribution < 1.29 is 9.18 Å². The van der Waals surface area contributed by atoms with Crippen LogP contribution < -0.4 is 10.6 Å². The van der Waals surface area contributed by atoms with Crippen molar-refractivity contribution in [2.24, 2.45) is 11.7 Å². The fourth-order valence-corrected chi connectivity index (χ4v) is 2.36. The molecule has 1 heterocycles. The first-order chi connectivity index (χ1) is 8.02. The third-order valence-electron chi connectivity index (χ3n) is 2.82. The first-order valence-corrected chi connectivity index (χ1v) is 6.35. The zero-order valence-corrected chi connectivity index (χ0v) is 11.3. The van der Waals surface area contributed by atoms with Gasteiger partial charge in [-0.2, -0.15) is 0 Å². The fraction of sp³-hybridized carbons (Fsp3) is 0.364. The van der Waals surface area contributed by atoms with Crippen LogP contribution in [0.4, 0.5) is 10.1 Å². The average molecular weight is 322 g/mol. The van der Waals surface area contributed by atoms with E-state index < -0.39 is 5.82 Å². The van der Waals surface area contributed by atoms with Crippen molar-refractivity contribution in [1.29, 1.82) is 0 Å². The second kappa shape index (κ2) is 4.92. The second-order valence-electron chi connectivity index (χ2n) is 4.03. The van der Waals surface area contributed by atoms with Gasteiger partial charge in [0.1, 0.15) is 5.82 Å². The molecule has 0 bridgehead atoms. The predicted molar refractivity (Wildman–Crippen MR) is 68.6 cm³/mol. The maximum Gasteiger partial charge on any atom is 0.227 e. The summed E-state index contributed by atoms with van der Waals surface area (Å²) in [5.41, 5.74) is 5.74. The quantitative estimate of drug-likeness (QED) is 0.851. The standard InChI is InChI=1S/C11H11BrClFN2O/c12-7-2-9(14)10(3-8(7)13)16-5-6(4-15)1-11(16)17/h2-3,6H,1,4-5,15H2. The van der Waals surface area contributed by atoms with E-state index >= 15 is 0 Å². The summed E-state index contributed by atoms with van der Waals surface area (Å²) >= 11 is 9.04. The number of halogens is 3. The van der Waals surface area contributed by atoms with E-state index in [2.05, 4.69) is 15.9 Å². The predicted octanol–water partition coefficient (Wildman–Crippen LogP) is 2.55. The number of carbonyl (C=O) groups is 1. The van der Waals surface area contributed by atoms with E-state index in [9.17, 15) is 9.18 Å². The van der Waals surface area contributed by atoms with Gasteiger partial charge in [-0.15, -0.1) is 0 Å². The number of anilines is 1. The lowest BCUT2D eigenvalue weighted by atomic mass is 10.1. The summed E-state index contributed by atoms with van der Waals surface area (Å²) in [4.78, 5) is 13.1. The molecule has 0 radical (unpaired) electrons. The van der Waals surface area contributed by atoms with E-state index in [1.54, 1.807) is 0 Å². The molecule has 1 aliphatic heterocycles. The Bertz CT molecular complexity index is 469. The minimum Gasteiger partial charge on any atom is -0.330 e. The molecule has 1 aliphatic rings. The Balaban J connectivity index is 2.35. The van der Waals surface area contributed by atoms with Gasteiger partial charge in [0, 0.05) is 17.4 Å². The van der Waals surface area contributed by atoms with Crippen LogP contribution >= 0.6 is 27.5 Å². The van der Waals surface area contributed by atoms with E-state index in [0.29, 0.717) is 29.0 Å². The molecular weight excluding hydrogens is 310 g/mol.